The number of anilines is 1. The average Bonchev–Trinajstić information content (AvgIpc) is 2.56. The summed E-state index contributed by atoms with van der Waals surface area (Å²) in [6, 6.07) is 16.8. The molecule has 0 aliphatic rings. The van der Waals surface area contributed by atoms with E-state index >= 15 is 0 Å². The number of para-hydroxylation sites is 1. The average molecular weight is 323 g/mol. The van der Waals surface area contributed by atoms with Gasteiger partial charge in [0.2, 0.25) is 0 Å². The maximum absolute atomic E-state index is 12.0. The minimum Gasteiger partial charge on any atom is -0.489 e. The minimum absolute atomic E-state index is 0.195. The predicted molar refractivity (Wildman–Crippen MR) is 93.8 cm³/mol. The lowest BCUT2D eigenvalue weighted by atomic mass is 10.1. The van der Waals surface area contributed by atoms with E-state index in [0.717, 1.165) is 22.6 Å². The summed E-state index contributed by atoms with van der Waals surface area (Å²) in [5.41, 5.74) is 2.68. The molecule has 0 heterocycles. The van der Waals surface area contributed by atoms with Crippen LogP contribution >= 0.6 is 0 Å². The first-order valence-electron chi connectivity index (χ1n) is 7.81. The lowest BCUT2D eigenvalue weighted by Gasteiger charge is -2.15. The summed E-state index contributed by atoms with van der Waals surface area (Å²) in [4.78, 5) is 12.0. The van der Waals surface area contributed by atoms with Gasteiger partial charge in [-0.25, -0.2) is 4.79 Å². The van der Waals surface area contributed by atoms with E-state index in [0.29, 0.717) is 6.61 Å². The van der Waals surface area contributed by atoms with Gasteiger partial charge in [0.1, 0.15) is 12.4 Å². The minimum atomic E-state index is -0.318. The molecule has 24 heavy (non-hydrogen) atoms. The zero-order valence-electron chi connectivity index (χ0n) is 13.9. The number of carbonyl (C=O) groups excluding carboxylic acids is 1. The predicted octanol–water partition coefficient (Wildman–Crippen LogP) is 4.00. The number of amides is 2. The van der Waals surface area contributed by atoms with Crippen LogP contribution in [0, 0.1) is 18.3 Å². The van der Waals surface area contributed by atoms with Crippen LogP contribution in [0.15, 0.2) is 48.5 Å². The Labute approximate surface area is 142 Å². The van der Waals surface area contributed by atoms with Gasteiger partial charge in [0.15, 0.2) is 0 Å². The molecule has 0 aliphatic heterocycles. The standard InChI is InChI=1S/C19H21N3O2/c1-14(11-12-20)21-19(23)22-18-10-6-7-16(15(18)2)13-24-17-8-4-3-5-9-17/h3-10,14H,11,13H2,1-2H3,(H2,21,22,23). The van der Waals surface area contributed by atoms with Gasteiger partial charge in [-0.05, 0) is 43.2 Å². The molecule has 0 fully saturated rings. The normalized spacial score (nSPS) is 11.2. The Kier molecular flexibility index (Phi) is 6.21. The van der Waals surface area contributed by atoms with E-state index in [1.54, 1.807) is 6.92 Å². The fourth-order valence-corrected chi connectivity index (χ4v) is 2.22. The van der Waals surface area contributed by atoms with E-state index in [4.69, 9.17) is 10.00 Å². The molecule has 0 saturated heterocycles. The van der Waals surface area contributed by atoms with Gasteiger partial charge in [0.05, 0.1) is 12.5 Å². The van der Waals surface area contributed by atoms with Gasteiger partial charge in [-0.3, -0.25) is 0 Å². The van der Waals surface area contributed by atoms with E-state index in [2.05, 4.69) is 10.6 Å². The van der Waals surface area contributed by atoms with Crippen molar-refractivity contribution in [2.45, 2.75) is 32.9 Å². The van der Waals surface area contributed by atoms with Crippen LogP contribution in [0.25, 0.3) is 0 Å². The quantitative estimate of drug-likeness (QED) is 0.844. The van der Waals surface area contributed by atoms with E-state index in [1.165, 1.54) is 0 Å². The van der Waals surface area contributed by atoms with Crippen molar-refractivity contribution in [1.82, 2.24) is 5.32 Å². The van der Waals surface area contributed by atoms with Gasteiger partial charge in [0, 0.05) is 11.7 Å². The summed E-state index contributed by atoms with van der Waals surface area (Å²) in [5, 5.41) is 14.2. The lowest BCUT2D eigenvalue weighted by Crippen LogP contribution is -2.36. The second kappa shape index (κ2) is 8.59. The SMILES string of the molecule is Cc1c(COc2ccccc2)cccc1NC(=O)NC(C)CC#N. The summed E-state index contributed by atoms with van der Waals surface area (Å²) in [5.74, 6) is 0.804. The molecule has 2 amide bonds. The van der Waals surface area contributed by atoms with Crippen LogP contribution in [0.1, 0.15) is 24.5 Å². The Balaban J connectivity index is 1.99. The smallest absolute Gasteiger partial charge is 0.319 e. The number of hydrogen-bond acceptors (Lipinski definition) is 3. The highest BCUT2D eigenvalue weighted by Crippen LogP contribution is 2.21. The van der Waals surface area contributed by atoms with Gasteiger partial charge in [-0.1, -0.05) is 30.3 Å². The van der Waals surface area contributed by atoms with Crippen molar-refractivity contribution >= 4 is 11.7 Å². The summed E-state index contributed by atoms with van der Waals surface area (Å²) in [6.45, 7) is 4.16. The number of nitriles is 1. The van der Waals surface area contributed by atoms with Gasteiger partial charge in [0.25, 0.3) is 0 Å². The number of hydrogen-bond donors (Lipinski definition) is 2. The largest absolute Gasteiger partial charge is 0.489 e. The second-order valence-electron chi connectivity index (χ2n) is 5.55. The number of rotatable bonds is 6. The molecule has 1 unspecified atom stereocenters. The van der Waals surface area contributed by atoms with E-state index in [9.17, 15) is 4.79 Å². The van der Waals surface area contributed by atoms with E-state index in [1.807, 2.05) is 61.5 Å². The fourth-order valence-electron chi connectivity index (χ4n) is 2.22. The third-order valence-electron chi connectivity index (χ3n) is 3.61. The number of carbonyl (C=O) groups is 1. The highest BCUT2D eigenvalue weighted by Gasteiger charge is 2.10. The van der Waals surface area contributed by atoms with Gasteiger partial charge < -0.3 is 15.4 Å². The molecule has 0 spiro atoms. The summed E-state index contributed by atoms with van der Waals surface area (Å²) in [7, 11) is 0. The van der Waals surface area contributed by atoms with Crippen LogP contribution < -0.4 is 15.4 Å². The molecule has 5 nitrogen and oxygen atoms in total. The van der Waals surface area contributed by atoms with Crippen LogP contribution in [0.5, 0.6) is 5.75 Å². The lowest BCUT2D eigenvalue weighted by molar-refractivity contribution is 0.249. The first-order valence-corrected chi connectivity index (χ1v) is 7.81. The Morgan fingerprint density at radius 1 is 1.21 bits per heavy atom. The summed E-state index contributed by atoms with van der Waals surface area (Å²) >= 11 is 0. The van der Waals surface area contributed by atoms with Crippen molar-refractivity contribution in [2.24, 2.45) is 0 Å². The zero-order valence-corrected chi connectivity index (χ0v) is 13.9. The molecule has 2 aromatic carbocycles. The van der Waals surface area contributed by atoms with Crippen LogP contribution in [0.2, 0.25) is 0 Å². The van der Waals surface area contributed by atoms with Crippen molar-refractivity contribution in [3.8, 4) is 11.8 Å². The van der Waals surface area contributed by atoms with Crippen molar-refractivity contribution in [2.75, 3.05) is 5.32 Å². The van der Waals surface area contributed by atoms with Crippen molar-refractivity contribution in [3.63, 3.8) is 0 Å². The molecule has 5 heteroatoms. The highest BCUT2D eigenvalue weighted by molar-refractivity contribution is 5.90. The van der Waals surface area contributed by atoms with Gasteiger partial charge in [-0.15, -0.1) is 0 Å². The van der Waals surface area contributed by atoms with E-state index < -0.39 is 0 Å². The molecule has 2 aromatic rings. The topological polar surface area (TPSA) is 74.2 Å². The maximum Gasteiger partial charge on any atom is 0.319 e. The van der Waals surface area contributed by atoms with Crippen LogP contribution in [-0.2, 0) is 6.61 Å². The van der Waals surface area contributed by atoms with Crippen molar-refractivity contribution in [1.29, 1.82) is 5.26 Å². The Morgan fingerprint density at radius 2 is 1.96 bits per heavy atom. The Bertz CT molecular complexity index is 723. The Hall–Kier alpha value is -3.00. The first kappa shape index (κ1) is 17.4. The second-order valence-corrected chi connectivity index (χ2v) is 5.55. The monoisotopic (exact) mass is 323 g/mol. The van der Waals surface area contributed by atoms with Crippen LogP contribution in [0.3, 0.4) is 0 Å². The van der Waals surface area contributed by atoms with Gasteiger partial charge in [-0.2, -0.15) is 5.26 Å². The number of benzene rings is 2. The summed E-state index contributed by atoms with van der Waals surface area (Å²) in [6.07, 6.45) is 0.275. The highest BCUT2D eigenvalue weighted by atomic mass is 16.5. The molecular formula is C19H21N3O2. The fraction of sp³-hybridized carbons (Fsp3) is 0.263. The van der Waals surface area contributed by atoms with Crippen molar-refractivity contribution < 1.29 is 9.53 Å². The number of ether oxygens (including phenoxy) is 1. The molecular weight excluding hydrogens is 302 g/mol. The zero-order chi connectivity index (χ0) is 17.4. The number of nitrogens with zero attached hydrogens (tertiary/aromatic N) is 1. The molecule has 0 radical (unpaired) electrons. The molecule has 0 saturated carbocycles. The van der Waals surface area contributed by atoms with Crippen molar-refractivity contribution in [3.05, 3.63) is 59.7 Å². The van der Waals surface area contributed by atoms with Crippen LogP contribution in [-0.4, -0.2) is 12.1 Å². The third kappa shape index (κ3) is 5.03. The van der Waals surface area contributed by atoms with Crippen LogP contribution in [0.4, 0.5) is 10.5 Å². The molecule has 0 bridgehead atoms. The first-order chi connectivity index (χ1) is 11.6. The maximum atomic E-state index is 12.0. The number of nitrogens with one attached hydrogen (secondary N) is 2. The molecule has 0 aliphatic carbocycles. The molecule has 1 atom stereocenters. The molecule has 2 N–H and O–H groups in total. The third-order valence-corrected chi connectivity index (χ3v) is 3.61. The van der Waals surface area contributed by atoms with E-state index in [-0.39, 0.29) is 18.5 Å². The Morgan fingerprint density at radius 3 is 2.67 bits per heavy atom. The number of urea groups is 1. The molecule has 0 aromatic heterocycles. The summed E-state index contributed by atoms with van der Waals surface area (Å²) < 4.78 is 5.76. The molecule has 124 valence electrons. The van der Waals surface area contributed by atoms with Gasteiger partial charge >= 0.3 is 6.03 Å². The molecule has 2 rings (SSSR count).